The standard InChI is InChI=1S/C12H11F5O4/c1-19-10(18)5-2-7-6-8(21-12(15,16)17)3-4-9(7)20-11(13)14/h3-4,6,11H,2,5H2,1H3. The summed E-state index contributed by atoms with van der Waals surface area (Å²) in [6, 6.07) is 2.64. The van der Waals surface area contributed by atoms with E-state index in [0.29, 0.717) is 0 Å². The first-order valence-electron chi connectivity index (χ1n) is 5.61. The van der Waals surface area contributed by atoms with Crippen molar-refractivity contribution in [3.8, 4) is 11.5 Å². The molecular formula is C12H11F5O4. The molecule has 9 heteroatoms. The van der Waals surface area contributed by atoms with Gasteiger partial charge in [-0.15, -0.1) is 13.2 Å². The summed E-state index contributed by atoms with van der Waals surface area (Å²) in [7, 11) is 1.13. The van der Waals surface area contributed by atoms with Gasteiger partial charge in [0, 0.05) is 6.42 Å². The van der Waals surface area contributed by atoms with Crippen LogP contribution < -0.4 is 9.47 Å². The van der Waals surface area contributed by atoms with Crippen LogP contribution in [0.25, 0.3) is 0 Å². The van der Waals surface area contributed by atoms with Crippen LogP contribution in [-0.4, -0.2) is 26.1 Å². The van der Waals surface area contributed by atoms with E-state index in [1.54, 1.807) is 0 Å². The Kier molecular flexibility index (Phi) is 5.74. The third-order valence-corrected chi connectivity index (χ3v) is 2.31. The highest BCUT2D eigenvalue weighted by molar-refractivity contribution is 5.69. The number of hydrogen-bond donors (Lipinski definition) is 0. The van der Waals surface area contributed by atoms with Gasteiger partial charge in [0.2, 0.25) is 0 Å². The van der Waals surface area contributed by atoms with Gasteiger partial charge in [0.1, 0.15) is 11.5 Å². The van der Waals surface area contributed by atoms with Gasteiger partial charge < -0.3 is 14.2 Å². The molecule has 0 atom stereocenters. The van der Waals surface area contributed by atoms with Gasteiger partial charge in [-0.2, -0.15) is 8.78 Å². The number of hydrogen-bond acceptors (Lipinski definition) is 4. The lowest BCUT2D eigenvalue weighted by molar-refractivity contribution is -0.274. The van der Waals surface area contributed by atoms with Gasteiger partial charge in [-0.3, -0.25) is 4.79 Å². The summed E-state index contributed by atoms with van der Waals surface area (Å²) in [6.07, 6.45) is -5.25. The maximum Gasteiger partial charge on any atom is 0.573 e. The number of esters is 1. The second-order valence-electron chi connectivity index (χ2n) is 3.77. The van der Waals surface area contributed by atoms with E-state index >= 15 is 0 Å². The molecule has 0 aliphatic carbocycles. The maximum absolute atomic E-state index is 12.2. The van der Waals surface area contributed by atoms with E-state index in [1.165, 1.54) is 0 Å². The average molecular weight is 314 g/mol. The third-order valence-electron chi connectivity index (χ3n) is 2.31. The molecule has 1 aromatic rings. The molecule has 0 aliphatic rings. The Balaban J connectivity index is 2.95. The number of ether oxygens (including phenoxy) is 3. The highest BCUT2D eigenvalue weighted by atomic mass is 19.4. The highest BCUT2D eigenvalue weighted by Crippen LogP contribution is 2.30. The number of carbonyl (C=O) groups excluding carboxylic acids is 1. The number of carbonyl (C=O) groups is 1. The largest absolute Gasteiger partial charge is 0.573 e. The van der Waals surface area contributed by atoms with Gasteiger partial charge in [-0.1, -0.05) is 0 Å². The predicted octanol–water partition coefficient (Wildman–Crippen LogP) is 3.29. The van der Waals surface area contributed by atoms with Crippen molar-refractivity contribution >= 4 is 5.97 Å². The molecule has 0 fully saturated rings. The molecule has 0 bridgehead atoms. The topological polar surface area (TPSA) is 44.8 Å². The maximum atomic E-state index is 12.2. The van der Waals surface area contributed by atoms with Crippen LogP contribution in [0, 0.1) is 0 Å². The SMILES string of the molecule is COC(=O)CCc1cc(OC(F)(F)F)ccc1OC(F)F. The molecule has 0 spiro atoms. The highest BCUT2D eigenvalue weighted by Gasteiger charge is 2.31. The van der Waals surface area contributed by atoms with Crippen molar-refractivity contribution in [2.45, 2.75) is 25.8 Å². The molecule has 0 heterocycles. The van der Waals surface area contributed by atoms with Gasteiger partial charge in [0.25, 0.3) is 0 Å². The summed E-state index contributed by atoms with van der Waals surface area (Å²) in [4.78, 5) is 11.0. The van der Waals surface area contributed by atoms with Gasteiger partial charge in [0.05, 0.1) is 7.11 Å². The Morgan fingerprint density at radius 1 is 1.29 bits per heavy atom. The first-order chi connectivity index (χ1) is 9.71. The van der Waals surface area contributed by atoms with Crippen LogP contribution in [0.1, 0.15) is 12.0 Å². The van der Waals surface area contributed by atoms with Crippen LogP contribution in [0.3, 0.4) is 0 Å². The van der Waals surface area contributed by atoms with Crippen molar-refractivity contribution in [2.24, 2.45) is 0 Å². The molecule has 0 aromatic heterocycles. The quantitative estimate of drug-likeness (QED) is 0.597. The van der Waals surface area contributed by atoms with Crippen LogP contribution in [0.2, 0.25) is 0 Å². The van der Waals surface area contributed by atoms with Gasteiger partial charge in [0.15, 0.2) is 0 Å². The Labute approximate surface area is 116 Å². The Hall–Kier alpha value is -2.06. The number of rotatable bonds is 6. The van der Waals surface area contributed by atoms with Crippen LogP contribution >= 0.6 is 0 Å². The third kappa shape index (κ3) is 6.28. The number of benzene rings is 1. The zero-order chi connectivity index (χ0) is 16.0. The van der Waals surface area contributed by atoms with E-state index in [9.17, 15) is 26.7 Å². The molecule has 1 aromatic carbocycles. The van der Waals surface area contributed by atoms with E-state index in [0.717, 1.165) is 25.3 Å². The number of alkyl halides is 5. The molecule has 0 saturated heterocycles. The number of halogens is 5. The Morgan fingerprint density at radius 2 is 1.95 bits per heavy atom. The summed E-state index contributed by atoms with van der Waals surface area (Å²) in [5.41, 5.74) is -0.0255. The van der Waals surface area contributed by atoms with Crippen LogP contribution in [0.5, 0.6) is 11.5 Å². The lowest BCUT2D eigenvalue weighted by Crippen LogP contribution is -2.17. The molecule has 0 aliphatic heterocycles. The molecule has 0 N–H and O–H groups in total. The van der Waals surface area contributed by atoms with E-state index in [-0.39, 0.29) is 24.2 Å². The minimum Gasteiger partial charge on any atom is -0.469 e. The lowest BCUT2D eigenvalue weighted by Gasteiger charge is -2.14. The minimum absolute atomic E-state index is 0.0255. The predicted molar refractivity (Wildman–Crippen MR) is 60.1 cm³/mol. The lowest BCUT2D eigenvalue weighted by atomic mass is 10.1. The Bertz CT molecular complexity index is 487. The summed E-state index contributed by atoms with van der Waals surface area (Å²) in [5, 5.41) is 0. The van der Waals surface area contributed by atoms with Crippen LogP contribution in [0.4, 0.5) is 22.0 Å². The minimum atomic E-state index is -4.91. The summed E-state index contributed by atoms with van der Waals surface area (Å²) in [5.74, 6) is -1.56. The monoisotopic (exact) mass is 314 g/mol. The number of aryl methyl sites for hydroxylation is 1. The smallest absolute Gasteiger partial charge is 0.469 e. The van der Waals surface area contributed by atoms with Crippen molar-refractivity contribution in [3.05, 3.63) is 23.8 Å². The normalized spacial score (nSPS) is 11.4. The second-order valence-corrected chi connectivity index (χ2v) is 3.77. The fraction of sp³-hybridized carbons (Fsp3) is 0.417. The fourth-order valence-corrected chi connectivity index (χ4v) is 1.50. The molecular weight excluding hydrogens is 303 g/mol. The van der Waals surface area contributed by atoms with Crippen molar-refractivity contribution in [1.29, 1.82) is 0 Å². The summed E-state index contributed by atoms with van der Waals surface area (Å²) >= 11 is 0. The van der Waals surface area contributed by atoms with Crippen LogP contribution in [-0.2, 0) is 16.0 Å². The molecule has 1 rings (SSSR count). The zero-order valence-electron chi connectivity index (χ0n) is 10.7. The molecule has 0 amide bonds. The van der Waals surface area contributed by atoms with Gasteiger partial charge in [-0.25, -0.2) is 0 Å². The molecule has 0 radical (unpaired) electrons. The van der Waals surface area contributed by atoms with E-state index in [4.69, 9.17) is 0 Å². The zero-order valence-corrected chi connectivity index (χ0v) is 10.7. The molecule has 0 unspecified atom stereocenters. The number of methoxy groups -OCH3 is 1. The van der Waals surface area contributed by atoms with Crippen LogP contribution in [0.15, 0.2) is 18.2 Å². The van der Waals surface area contributed by atoms with E-state index in [2.05, 4.69) is 14.2 Å². The average Bonchev–Trinajstić information content (AvgIpc) is 2.36. The first-order valence-corrected chi connectivity index (χ1v) is 5.61. The first kappa shape index (κ1) is 17.0. The van der Waals surface area contributed by atoms with Crippen molar-refractivity contribution < 1.29 is 41.0 Å². The second kappa shape index (κ2) is 7.09. The molecule has 4 nitrogen and oxygen atoms in total. The van der Waals surface area contributed by atoms with E-state index < -0.39 is 24.7 Å². The van der Waals surface area contributed by atoms with Crippen molar-refractivity contribution in [2.75, 3.05) is 7.11 Å². The molecule has 21 heavy (non-hydrogen) atoms. The summed E-state index contributed by atoms with van der Waals surface area (Å²) < 4.78 is 73.0. The Morgan fingerprint density at radius 3 is 2.48 bits per heavy atom. The van der Waals surface area contributed by atoms with Crippen molar-refractivity contribution in [3.63, 3.8) is 0 Å². The molecule has 118 valence electrons. The van der Waals surface area contributed by atoms with Gasteiger partial charge in [-0.05, 0) is 30.2 Å². The molecule has 0 saturated carbocycles. The van der Waals surface area contributed by atoms with E-state index in [1.807, 2.05) is 0 Å². The summed E-state index contributed by atoms with van der Waals surface area (Å²) in [6.45, 7) is -3.14. The fourth-order valence-electron chi connectivity index (χ4n) is 1.50. The van der Waals surface area contributed by atoms with Gasteiger partial charge >= 0.3 is 18.9 Å². The van der Waals surface area contributed by atoms with Crippen molar-refractivity contribution in [1.82, 2.24) is 0 Å².